The van der Waals surface area contributed by atoms with E-state index < -0.39 is 0 Å². The Labute approximate surface area is 196 Å². The van der Waals surface area contributed by atoms with Gasteiger partial charge in [-0.2, -0.15) is 5.10 Å². The van der Waals surface area contributed by atoms with Crippen LogP contribution < -0.4 is 11.0 Å². The molecule has 33 heavy (non-hydrogen) atoms. The number of nitrogens with one attached hydrogen (secondary N) is 1. The number of pyridine rings is 2. The largest absolute Gasteiger partial charge is 0.329 e. The predicted molar refractivity (Wildman–Crippen MR) is 132 cm³/mol. The van der Waals surface area contributed by atoms with Crippen LogP contribution in [0.5, 0.6) is 0 Å². The second-order valence-corrected chi connectivity index (χ2v) is 8.42. The molecular weight excluding hydrogens is 438 g/mol. The highest BCUT2D eigenvalue weighted by Crippen LogP contribution is 2.31. The van der Waals surface area contributed by atoms with Gasteiger partial charge in [-0.25, -0.2) is 4.79 Å². The zero-order valence-electron chi connectivity index (χ0n) is 18.4. The average Bonchev–Trinajstić information content (AvgIpc) is 3.55. The highest BCUT2D eigenvalue weighted by Gasteiger charge is 2.24. The molecule has 5 aromatic rings. The number of imidazole rings is 1. The van der Waals surface area contributed by atoms with Gasteiger partial charge in [0.1, 0.15) is 0 Å². The normalized spacial score (nSPS) is 15.9. The summed E-state index contributed by atoms with van der Waals surface area (Å²) in [6, 6.07) is 10.4. The van der Waals surface area contributed by atoms with Crippen LogP contribution in [0.2, 0.25) is 0 Å². The van der Waals surface area contributed by atoms with E-state index in [1.807, 2.05) is 55.6 Å². The molecule has 0 saturated carbocycles. The average molecular weight is 462 g/mol. The lowest BCUT2D eigenvalue weighted by molar-refractivity contribution is 0.536. The Morgan fingerprint density at radius 3 is 2.55 bits per heavy atom. The number of aromatic nitrogens is 6. The van der Waals surface area contributed by atoms with E-state index in [0.717, 1.165) is 63.8 Å². The van der Waals surface area contributed by atoms with Gasteiger partial charge < -0.3 is 5.32 Å². The Morgan fingerprint density at radius 2 is 1.85 bits per heavy atom. The minimum absolute atomic E-state index is 0. The summed E-state index contributed by atoms with van der Waals surface area (Å²) in [4.78, 5) is 22.4. The fourth-order valence-corrected chi connectivity index (χ4v) is 4.69. The van der Waals surface area contributed by atoms with Crippen LogP contribution in [0.25, 0.3) is 44.3 Å². The van der Waals surface area contributed by atoms with E-state index in [4.69, 9.17) is 0 Å². The van der Waals surface area contributed by atoms with E-state index >= 15 is 0 Å². The molecule has 168 valence electrons. The number of halogens is 1. The van der Waals surface area contributed by atoms with Gasteiger partial charge in [-0.15, -0.1) is 12.4 Å². The van der Waals surface area contributed by atoms with Gasteiger partial charge in [-0.1, -0.05) is 12.1 Å². The van der Waals surface area contributed by atoms with Crippen molar-refractivity contribution in [1.82, 2.24) is 34.2 Å². The zero-order chi connectivity index (χ0) is 21.8. The molecule has 5 heterocycles. The summed E-state index contributed by atoms with van der Waals surface area (Å²) < 4.78 is 5.43. The molecule has 1 fully saturated rings. The third kappa shape index (κ3) is 3.42. The predicted octanol–water partition coefficient (Wildman–Crippen LogP) is 3.31. The standard InChI is InChI=1S/C24H23N7O.ClH/c1-29-14-17(11-28-29)20-5-4-16(10-26-20)15-3-6-21-19(9-15)23-22(13-27-21)30(2)24(32)31(23)18-7-8-25-12-18;/h3-6,9-11,13-14,18,25H,7-8,12H2,1-2H3;1H. The van der Waals surface area contributed by atoms with Crippen molar-refractivity contribution in [2.24, 2.45) is 14.1 Å². The lowest BCUT2D eigenvalue weighted by atomic mass is 10.0. The van der Waals surface area contributed by atoms with Crippen LogP contribution in [0.4, 0.5) is 0 Å². The Hall–Kier alpha value is -3.49. The van der Waals surface area contributed by atoms with Crippen molar-refractivity contribution in [3.63, 3.8) is 0 Å². The van der Waals surface area contributed by atoms with Crippen LogP contribution in [-0.4, -0.2) is 42.0 Å². The zero-order valence-corrected chi connectivity index (χ0v) is 19.2. The maximum absolute atomic E-state index is 13.1. The number of nitrogens with zero attached hydrogens (tertiary/aromatic N) is 6. The molecule has 1 aliphatic rings. The van der Waals surface area contributed by atoms with Crippen molar-refractivity contribution in [2.45, 2.75) is 12.5 Å². The van der Waals surface area contributed by atoms with Crippen LogP contribution in [0.3, 0.4) is 0 Å². The molecule has 8 nitrogen and oxygen atoms in total. The second kappa shape index (κ2) is 8.13. The molecule has 0 spiro atoms. The van der Waals surface area contributed by atoms with E-state index in [2.05, 4.69) is 38.6 Å². The highest BCUT2D eigenvalue weighted by molar-refractivity contribution is 6.04. The maximum atomic E-state index is 13.1. The summed E-state index contributed by atoms with van der Waals surface area (Å²) in [6.45, 7) is 1.74. The fraction of sp³-hybridized carbons (Fsp3) is 0.250. The molecule has 1 aromatic carbocycles. The van der Waals surface area contributed by atoms with Gasteiger partial charge >= 0.3 is 5.69 Å². The third-order valence-electron chi connectivity index (χ3n) is 6.41. The summed E-state index contributed by atoms with van der Waals surface area (Å²) >= 11 is 0. The fourth-order valence-electron chi connectivity index (χ4n) is 4.69. The monoisotopic (exact) mass is 461 g/mol. The summed E-state index contributed by atoms with van der Waals surface area (Å²) in [7, 11) is 3.72. The number of fused-ring (bicyclic) bond motifs is 3. The first kappa shape index (κ1) is 21.4. The summed E-state index contributed by atoms with van der Waals surface area (Å²) in [5.74, 6) is 0. The first-order chi connectivity index (χ1) is 15.6. The first-order valence-electron chi connectivity index (χ1n) is 10.8. The van der Waals surface area contributed by atoms with Gasteiger partial charge in [0, 0.05) is 49.5 Å². The molecule has 1 unspecified atom stereocenters. The van der Waals surface area contributed by atoms with Gasteiger partial charge in [-0.05, 0) is 36.7 Å². The van der Waals surface area contributed by atoms with E-state index in [9.17, 15) is 4.79 Å². The minimum Gasteiger partial charge on any atom is -0.315 e. The van der Waals surface area contributed by atoms with Gasteiger partial charge in [0.2, 0.25) is 0 Å². The second-order valence-electron chi connectivity index (χ2n) is 8.42. The number of hydrogen-bond acceptors (Lipinski definition) is 5. The quantitative estimate of drug-likeness (QED) is 0.445. The Morgan fingerprint density at radius 1 is 1.00 bits per heavy atom. The van der Waals surface area contributed by atoms with Crippen molar-refractivity contribution in [3.8, 4) is 22.4 Å². The van der Waals surface area contributed by atoms with Crippen molar-refractivity contribution in [2.75, 3.05) is 13.1 Å². The first-order valence-corrected chi connectivity index (χ1v) is 10.8. The van der Waals surface area contributed by atoms with Crippen molar-refractivity contribution >= 4 is 34.3 Å². The lowest BCUT2D eigenvalue weighted by Gasteiger charge is -2.12. The smallest absolute Gasteiger partial charge is 0.315 e. The number of hydrogen-bond donors (Lipinski definition) is 1. The third-order valence-corrected chi connectivity index (χ3v) is 6.41. The molecule has 1 atom stereocenters. The number of aryl methyl sites for hydroxylation is 2. The summed E-state index contributed by atoms with van der Waals surface area (Å²) in [5.41, 5.74) is 6.64. The Balaban J connectivity index is 0.00000228. The van der Waals surface area contributed by atoms with Gasteiger partial charge in [-0.3, -0.25) is 23.8 Å². The molecule has 1 N–H and O–H groups in total. The molecule has 1 saturated heterocycles. The van der Waals surface area contributed by atoms with E-state index in [-0.39, 0.29) is 24.1 Å². The SMILES string of the molecule is Cl.Cn1cc(-c2ccc(-c3ccc4ncc5c(c4c3)n(C3CCNC3)c(=O)n5C)cn2)cn1. The molecule has 0 bridgehead atoms. The Kier molecular flexibility index (Phi) is 5.26. The van der Waals surface area contributed by atoms with Crippen molar-refractivity contribution < 1.29 is 0 Å². The Bertz CT molecular complexity index is 1520. The molecule has 9 heteroatoms. The van der Waals surface area contributed by atoms with Gasteiger partial charge in [0.25, 0.3) is 0 Å². The number of rotatable bonds is 3. The van der Waals surface area contributed by atoms with Gasteiger partial charge in [0.15, 0.2) is 0 Å². The molecule has 0 radical (unpaired) electrons. The van der Waals surface area contributed by atoms with Crippen LogP contribution in [-0.2, 0) is 14.1 Å². The summed E-state index contributed by atoms with van der Waals surface area (Å²) in [6.07, 6.45) is 8.40. The molecule has 1 aliphatic heterocycles. The number of benzene rings is 1. The van der Waals surface area contributed by atoms with Crippen LogP contribution in [0.1, 0.15) is 12.5 Å². The topological polar surface area (TPSA) is 82.6 Å². The lowest BCUT2D eigenvalue weighted by Crippen LogP contribution is -2.27. The van der Waals surface area contributed by atoms with E-state index in [0.29, 0.717) is 0 Å². The molecular formula is C24H24ClN7O. The maximum Gasteiger partial charge on any atom is 0.329 e. The van der Waals surface area contributed by atoms with Crippen molar-refractivity contribution in [1.29, 1.82) is 0 Å². The van der Waals surface area contributed by atoms with Gasteiger partial charge in [0.05, 0.1) is 40.7 Å². The highest BCUT2D eigenvalue weighted by atomic mass is 35.5. The van der Waals surface area contributed by atoms with Crippen LogP contribution in [0.15, 0.2) is 59.9 Å². The van der Waals surface area contributed by atoms with Crippen molar-refractivity contribution in [3.05, 3.63) is 65.6 Å². The van der Waals surface area contributed by atoms with Crippen LogP contribution in [0, 0.1) is 0 Å². The molecule has 0 aliphatic carbocycles. The minimum atomic E-state index is 0. The van der Waals surface area contributed by atoms with Crippen LogP contribution >= 0.6 is 12.4 Å². The van der Waals surface area contributed by atoms with E-state index in [1.54, 1.807) is 9.25 Å². The molecule has 0 amide bonds. The summed E-state index contributed by atoms with van der Waals surface area (Å²) in [5, 5.41) is 8.59. The molecule has 6 rings (SSSR count). The molecule has 4 aromatic heterocycles. The van der Waals surface area contributed by atoms with E-state index in [1.165, 1.54) is 0 Å².